The average Bonchev–Trinajstić information content (AvgIpc) is 3.19. The number of anilines is 1. The fourth-order valence-corrected chi connectivity index (χ4v) is 4.08. The molecule has 31 heavy (non-hydrogen) atoms. The minimum atomic E-state index is -4.41. The lowest BCUT2D eigenvalue weighted by Crippen LogP contribution is -2.27. The highest BCUT2D eigenvalue weighted by Crippen LogP contribution is 2.37. The van der Waals surface area contributed by atoms with E-state index < -0.39 is 17.7 Å². The standard InChI is InChI=1S/C23H22F3NO3S/c1-2-12-30-15-27(14-16-8-10-18(11-9-16)23(24,25)26)19-13-20(31-21(19)22(28)29)17-6-4-3-5-7-17/h3-11,13H,2,12,14-15H2,1H3,(H,28,29). The van der Waals surface area contributed by atoms with Gasteiger partial charge in [0.1, 0.15) is 11.6 Å². The zero-order chi connectivity index (χ0) is 22.4. The third-order valence-electron chi connectivity index (χ3n) is 4.56. The lowest BCUT2D eigenvalue weighted by atomic mass is 10.1. The van der Waals surface area contributed by atoms with Gasteiger partial charge in [-0.15, -0.1) is 11.3 Å². The monoisotopic (exact) mass is 449 g/mol. The lowest BCUT2D eigenvalue weighted by molar-refractivity contribution is -0.137. The maximum absolute atomic E-state index is 12.9. The third kappa shape index (κ3) is 5.86. The number of alkyl halides is 3. The van der Waals surface area contributed by atoms with E-state index in [1.54, 1.807) is 11.0 Å². The number of thiophene rings is 1. The summed E-state index contributed by atoms with van der Waals surface area (Å²) in [7, 11) is 0. The maximum Gasteiger partial charge on any atom is 0.416 e. The van der Waals surface area contributed by atoms with Gasteiger partial charge in [0.05, 0.1) is 11.3 Å². The van der Waals surface area contributed by atoms with Gasteiger partial charge in [0.2, 0.25) is 0 Å². The third-order valence-corrected chi connectivity index (χ3v) is 5.72. The fourth-order valence-electron chi connectivity index (χ4n) is 3.05. The van der Waals surface area contributed by atoms with E-state index in [9.17, 15) is 23.1 Å². The molecule has 0 bridgehead atoms. The molecule has 0 atom stereocenters. The highest BCUT2D eigenvalue weighted by atomic mass is 32.1. The predicted octanol–water partition coefficient (Wildman–Crippen LogP) is 6.52. The molecule has 1 aromatic heterocycles. The first-order chi connectivity index (χ1) is 14.8. The van der Waals surface area contributed by atoms with Crippen LogP contribution in [0, 0.1) is 0 Å². The van der Waals surface area contributed by atoms with Crippen molar-refractivity contribution in [2.45, 2.75) is 26.1 Å². The van der Waals surface area contributed by atoms with Gasteiger partial charge in [-0.1, -0.05) is 49.4 Å². The SMILES string of the molecule is CCCOCN(Cc1ccc(C(F)(F)F)cc1)c1cc(-c2ccccc2)sc1C(=O)O. The predicted molar refractivity (Wildman–Crippen MR) is 115 cm³/mol. The molecular formula is C23H22F3NO3S. The molecule has 8 heteroatoms. The molecule has 0 spiro atoms. The fraction of sp³-hybridized carbons (Fsp3) is 0.261. The second-order valence-corrected chi connectivity index (χ2v) is 7.98. The number of carbonyl (C=O) groups is 1. The molecule has 1 heterocycles. The van der Waals surface area contributed by atoms with Crippen LogP contribution in [0.15, 0.2) is 60.7 Å². The van der Waals surface area contributed by atoms with Crippen LogP contribution in [0.3, 0.4) is 0 Å². The van der Waals surface area contributed by atoms with Gasteiger partial charge in [-0.3, -0.25) is 0 Å². The van der Waals surface area contributed by atoms with Crippen LogP contribution in [-0.2, 0) is 17.5 Å². The number of carboxylic acid groups (broad SMARTS) is 1. The van der Waals surface area contributed by atoms with E-state index in [0.717, 1.165) is 40.3 Å². The van der Waals surface area contributed by atoms with Crippen LogP contribution in [0.5, 0.6) is 0 Å². The number of rotatable bonds is 9. The van der Waals surface area contributed by atoms with Crippen molar-refractivity contribution < 1.29 is 27.8 Å². The van der Waals surface area contributed by atoms with Crippen molar-refractivity contribution in [1.29, 1.82) is 0 Å². The molecule has 0 amide bonds. The van der Waals surface area contributed by atoms with Crippen LogP contribution in [0.4, 0.5) is 18.9 Å². The number of halogens is 3. The Bertz CT molecular complexity index is 1000. The Hall–Kier alpha value is -2.84. The van der Waals surface area contributed by atoms with Gasteiger partial charge in [0, 0.05) is 18.0 Å². The molecular weight excluding hydrogens is 427 g/mol. The second kappa shape index (κ2) is 9.98. The minimum absolute atomic E-state index is 0.125. The number of ether oxygens (including phenoxy) is 1. The Balaban J connectivity index is 1.94. The molecule has 4 nitrogen and oxygen atoms in total. The van der Waals surface area contributed by atoms with Crippen molar-refractivity contribution in [3.05, 3.63) is 76.7 Å². The second-order valence-electron chi connectivity index (χ2n) is 6.93. The summed E-state index contributed by atoms with van der Waals surface area (Å²) in [4.78, 5) is 14.6. The minimum Gasteiger partial charge on any atom is -0.477 e. The number of carboxylic acids is 1. The number of aromatic carboxylic acids is 1. The van der Waals surface area contributed by atoms with Crippen LogP contribution < -0.4 is 4.90 Å². The van der Waals surface area contributed by atoms with Crippen LogP contribution in [0.2, 0.25) is 0 Å². The molecule has 0 radical (unpaired) electrons. The van der Waals surface area contributed by atoms with E-state index in [0.29, 0.717) is 17.9 Å². The molecule has 0 saturated heterocycles. The van der Waals surface area contributed by atoms with Gasteiger partial charge in [0.25, 0.3) is 0 Å². The van der Waals surface area contributed by atoms with Crippen molar-refractivity contribution >= 4 is 23.0 Å². The summed E-state index contributed by atoms with van der Waals surface area (Å²) < 4.78 is 44.2. The van der Waals surface area contributed by atoms with Crippen LogP contribution in [0.1, 0.15) is 34.1 Å². The Morgan fingerprint density at radius 3 is 2.35 bits per heavy atom. The largest absolute Gasteiger partial charge is 0.477 e. The van der Waals surface area contributed by atoms with Gasteiger partial charge in [-0.2, -0.15) is 13.2 Å². The molecule has 3 rings (SSSR count). The summed E-state index contributed by atoms with van der Waals surface area (Å²) in [6.45, 7) is 2.79. The Morgan fingerprint density at radius 2 is 1.77 bits per heavy atom. The summed E-state index contributed by atoms with van der Waals surface area (Å²) in [5, 5.41) is 9.76. The first kappa shape index (κ1) is 22.8. The molecule has 0 aliphatic heterocycles. The molecule has 1 N–H and O–H groups in total. The van der Waals surface area contributed by atoms with Crippen LogP contribution >= 0.6 is 11.3 Å². The number of hydrogen-bond acceptors (Lipinski definition) is 4. The molecule has 0 unspecified atom stereocenters. The van der Waals surface area contributed by atoms with Gasteiger partial charge < -0.3 is 14.7 Å². The molecule has 3 aromatic rings. The van der Waals surface area contributed by atoms with Crippen molar-refractivity contribution in [3.63, 3.8) is 0 Å². The summed E-state index contributed by atoms with van der Waals surface area (Å²) in [5.41, 5.74) is 1.27. The number of hydrogen-bond donors (Lipinski definition) is 1. The first-order valence-corrected chi connectivity index (χ1v) is 10.5. The van der Waals surface area contributed by atoms with E-state index in [1.165, 1.54) is 12.1 Å². The maximum atomic E-state index is 12.9. The smallest absolute Gasteiger partial charge is 0.416 e. The molecule has 164 valence electrons. The van der Waals surface area contributed by atoms with Crippen molar-refractivity contribution in [1.82, 2.24) is 0 Å². The summed E-state index contributed by atoms with van der Waals surface area (Å²) in [5.74, 6) is -1.06. The Morgan fingerprint density at radius 1 is 1.10 bits per heavy atom. The van der Waals surface area contributed by atoms with Crippen molar-refractivity contribution in [2.24, 2.45) is 0 Å². The molecule has 0 saturated carbocycles. The molecule has 0 fully saturated rings. The summed E-state index contributed by atoms with van der Waals surface area (Å²) in [6.07, 6.45) is -3.62. The summed E-state index contributed by atoms with van der Waals surface area (Å²) in [6, 6.07) is 16.1. The van der Waals surface area contributed by atoms with E-state index in [2.05, 4.69) is 0 Å². The van der Waals surface area contributed by atoms with Gasteiger partial charge in [-0.05, 0) is 35.7 Å². The lowest BCUT2D eigenvalue weighted by Gasteiger charge is -2.24. The van der Waals surface area contributed by atoms with Gasteiger partial charge in [-0.25, -0.2) is 4.79 Å². The van der Waals surface area contributed by atoms with Gasteiger partial charge >= 0.3 is 12.1 Å². The van der Waals surface area contributed by atoms with Crippen LogP contribution in [0.25, 0.3) is 10.4 Å². The van der Waals surface area contributed by atoms with E-state index in [-0.39, 0.29) is 18.2 Å². The first-order valence-electron chi connectivity index (χ1n) is 9.71. The number of benzene rings is 2. The average molecular weight is 449 g/mol. The Kier molecular flexibility index (Phi) is 7.35. The normalized spacial score (nSPS) is 11.5. The van der Waals surface area contributed by atoms with Crippen LogP contribution in [-0.4, -0.2) is 24.4 Å². The highest BCUT2D eigenvalue weighted by molar-refractivity contribution is 7.18. The quantitative estimate of drug-likeness (QED) is 0.298. The zero-order valence-corrected chi connectivity index (χ0v) is 17.7. The molecule has 0 aliphatic rings. The van der Waals surface area contributed by atoms with E-state index >= 15 is 0 Å². The topological polar surface area (TPSA) is 49.8 Å². The number of nitrogens with zero attached hydrogens (tertiary/aromatic N) is 1. The van der Waals surface area contributed by atoms with E-state index in [1.807, 2.05) is 37.3 Å². The Labute approximate surface area is 182 Å². The van der Waals surface area contributed by atoms with E-state index in [4.69, 9.17) is 4.74 Å². The molecule has 2 aromatic carbocycles. The van der Waals surface area contributed by atoms with Gasteiger partial charge in [0.15, 0.2) is 0 Å². The summed E-state index contributed by atoms with van der Waals surface area (Å²) >= 11 is 1.16. The zero-order valence-electron chi connectivity index (χ0n) is 16.9. The highest BCUT2D eigenvalue weighted by Gasteiger charge is 2.30. The van der Waals surface area contributed by atoms with Crippen molar-refractivity contribution in [2.75, 3.05) is 18.2 Å². The molecule has 0 aliphatic carbocycles. The van der Waals surface area contributed by atoms with Crippen molar-refractivity contribution in [3.8, 4) is 10.4 Å².